The van der Waals surface area contributed by atoms with Crippen LogP contribution in [0, 0.1) is 5.82 Å². The summed E-state index contributed by atoms with van der Waals surface area (Å²) in [6, 6.07) is 5.14. The van der Waals surface area contributed by atoms with Crippen molar-refractivity contribution in [3.63, 3.8) is 0 Å². The minimum atomic E-state index is -0.472. The lowest BCUT2D eigenvalue weighted by Gasteiger charge is -2.19. The summed E-state index contributed by atoms with van der Waals surface area (Å²) in [7, 11) is 0. The van der Waals surface area contributed by atoms with Crippen molar-refractivity contribution in [1.82, 2.24) is 5.32 Å². The van der Waals surface area contributed by atoms with Gasteiger partial charge >= 0.3 is 0 Å². The Bertz CT molecular complexity index is 425. The van der Waals surface area contributed by atoms with Gasteiger partial charge < -0.3 is 15.2 Å². The van der Waals surface area contributed by atoms with E-state index < -0.39 is 6.10 Å². The maximum absolute atomic E-state index is 14.0. The molecule has 1 saturated carbocycles. The molecule has 0 bridgehead atoms. The Morgan fingerprint density at radius 1 is 1.47 bits per heavy atom. The van der Waals surface area contributed by atoms with Gasteiger partial charge in [0.2, 0.25) is 0 Å². The van der Waals surface area contributed by atoms with Crippen molar-refractivity contribution in [3.8, 4) is 5.75 Å². The van der Waals surface area contributed by atoms with Gasteiger partial charge in [0.05, 0.1) is 6.10 Å². The van der Waals surface area contributed by atoms with Gasteiger partial charge in [-0.25, -0.2) is 4.39 Å². The maximum Gasteiger partial charge on any atom is 0.165 e. The summed E-state index contributed by atoms with van der Waals surface area (Å²) in [6.45, 7) is 4.86. The average molecular weight is 267 g/mol. The van der Waals surface area contributed by atoms with E-state index in [1.165, 1.54) is 6.07 Å². The zero-order valence-electron chi connectivity index (χ0n) is 11.5. The maximum atomic E-state index is 14.0. The second-order valence-corrected chi connectivity index (χ2v) is 5.12. The van der Waals surface area contributed by atoms with Crippen molar-refractivity contribution >= 4 is 0 Å². The van der Waals surface area contributed by atoms with Crippen LogP contribution in [0.3, 0.4) is 0 Å². The Morgan fingerprint density at radius 2 is 2.26 bits per heavy atom. The summed E-state index contributed by atoms with van der Waals surface area (Å²) >= 11 is 0. The van der Waals surface area contributed by atoms with Gasteiger partial charge in [-0.3, -0.25) is 0 Å². The van der Waals surface area contributed by atoms with E-state index in [9.17, 15) is 9.50 Å². The monoisotopic (exact) mass is 267 g/mol. The number of aliphatic hydroxyl groups is 1. The van der Waals surface area contributed by atoms with E-state index in [1.54, 1.807) is 6.07 Å². The van der Waals surface area contributed by atoms with Gasteiger partial charge in [0.25, 0.3) is 0 Å². The summed E-state index contributed by atoms with van der Waals surface area (Å²) in [6.07, 6.45) is 1.72. The molecule has 3 unspecified atom stereocenters. The molecule has 19 heavy (non-hydrogen) atoms. The lowest BCUT2D eigenvalue weighted by Crippen LogP contribution is -2.26. The quantitative estimate of drug-likeness (QED) is 0.862. The fraction of sp³-hybridized carbons (Fsp3) is 0.600. The topological polar surface area (TPSA) is 41.5 Å². The van der Waals surface area contributed by atoms with Crippen LogP contribution >= 0.6 is 0 Å². The van der Waals surface area contributed by atoms with Crippen molar-refractivity contribution < 1.29 is 14.2 Å². The van der Waals surface area contributed by atoms with E-state index in [0.29, 0.717) is 0 Å². The lowest BCUT2D eigenvalue weighted by molar-refractivity contribution is 0.0578. The Hall–Kier alpha value is -1.13. The van der Waals surface area contributed by atoms with E-state index in [-0.39, 0.29) is 23.7 Å². The number of benzene rings is 1. The van der Waals surface area contributed by atoms with Crippen molar-refractivity contribution in [1.29, 1.82) is 0 Å². The molecule has 1 aliphatic rings. The highest BCUT2D eigenvalue weighted by atomic mass is 19.1. The molecule has 2 N–H and O–H groups in total. The normalized spacial score (nSPS) is 24.4. The molecule has 1 aliphatic carbocycles. The third-order valence-electron chi connectivity index (χ3n) is 3.66. The molecular weight excluding hydrogens is 245 g/mol. The number of ether oxygens (including phenoxy) is 1. The number of halogens is 1. The first-order valence-electron chi connectivity index (χ1n) is 6.99. The van der Waals surface area contributed by atoms with E-state index in [1.807, 2.05) is 19.9 Å². The van der Waals surface area contributed by atoms with Gasteiger partial charge in [0.1, 0.15) is 6.10 Å². The molecule has 2 rings (SSSR count). The highest BCUT2D eigenvalue weighted by Crippen LogP contribution is 2.28. The Morgan fingerprint density at radius 3 is 2.84 bits per heavy atom. The van der Waals surface area contributed by atoms with Crippen LogP contribution in [0.15, 0.2) is 18.2 Å². The van der Waals surface area contributed by atoms with E-state index in [2.05, 4.69) is 5.32 Å². The first kappa shape index (κ1) is 14.3. The predicted octanol–water partition coefficient (Wildman–Crippen LogP) is 2.79. The molecule has 0 aromatic heterocycles. The summed E-state index contributed by atoms with van der Waals surface area (Å²) in [5.41, 5.74) is 0.902. The van der Waals surface area contributed by atoms with Crippen LogP contribution in [-0.4, -0.2) is 23.9 Å². The van der Waals surface area contributed by atoms with Crippen LogP contribution in [0.4, 0.5) is 4.39 Å². The minimum Gasteiger partial charge on any atom is -0.485 e. The first-order chi connectivity index (χ1) is 9.11. The van der Waals surface area contributed by atoms with Gasteiger partial charge in [-0.05, 0) is 50.4 Å². The highest BCUT2D eigenvalue weighted by molar-refractivity contribution is 5.31. The number of hydrogen-bond acceptors (Lipinski definition) is 3. The zero-order chi connectivity index (χ0) is 13.8. The standard InChI is InChI=1S/C15H22FNO2/c1-3-17-10(2)11-7-8-14(12(16)9-11)19-15-6-4-5-13(15)18/h7-10,13,15,17-18H,3-6H2,1-2H3. The molecule has 106 valence electrons. The van der Waals surface area contributed by atoms with Gasteiger partial charge in [0.15, 0.2) is 11.6 Å². The van der Waals surface area contributed by atoms with Gasteiger partial charge in [-0.1, -0.05) is 13.0 Å². The fourth-order valence-corrected chi connectivity index (χ4v) is 2.51. The lowest BCUT2D eigenvalue weighted by atomic mass is 10.1. The number of aliphatic hydroxyl groups excluding tert-OH is 1. The predicted molar refractivity (Wildman–Crippen MR) is 72.8 cm³/mol. The Balaban J connectivity index is 2.06. The van der Waals surface area contributed by atoms with Crippen LogP contribution in [0.1, 0.15) is 44.7 Å². The third kappa shape index (κ3) is 3.45. The van der Waals surface area contributed by atoms with Gasteiger partial charge in [-0.15, -0.1) is 0 Å². The van der Waals surface area contributed by atoms with Crippen LogP contribution < -0.4 is 10.1 Å². The molecule has 1 aromatic rings. The van der Waals surface area contributed by atoms with Gasteiger partial charge in [0, 0.05) is 6.04 Å². The molecule has 1 fully saturated rings. The first-order valence-corrected chi connectivity index (χ1v) is 6.99. The minimum absolute atomic E-state index is 0.116. The fourth-order valence-electron chi connectivity index (χ4n) is 2.51. The number of rotatable bonds is 5. The SMILES string of the molecule is CCNC(C)c1ccc(OC2CCCC2O)c(F)c1. The molecule has 1 aromatic carbocycles. The molecule has 3 nitrogen and oxygen atoms in total. The summed E-state index contributed by atoms with van der Waals surface area (Å²) in [5.74, 6) is -0.125. The second-order valence-electron chi connectivity index (χ2n) is 5.12. The third-order valence-corrected chi connectivity index (χ3v) is 3.66. The van der Waals surface area contributed by atoms with Gasteiger partial charge in [-0.2, -0.15) is 0 Å². The van der Waals surface area contributed by atoms with Crippen LogP contribution in [-0.2, 0) is 0 Å². The molecule has 4 heteroatoms. The molecule has 0 saturated heterocycles. The van der Waals surface area contributed by atoms with Crippen molar-refractivity contribution in [2.45, 2.75) is 51.4 Å². The average Bonchev–Trinajstić information content (AvgIpc) is 2.78. The summed E-state index contributed by atoms with van der Waals surface area (Å²) < 4.78 is 19.6. The molecule has 0 radical (unpaired) electrons. The summed E-state index contributed by atoms with van der Waals surface area (Å²) in [5, 5.41) is 12.9. The van der Waals surface area contributed by atoms with Crippen LogP contribution in [0.25, 0.3) is 0 Å². The smallest absolute Gasteiger partial charge is 0.165 e. The van der Waals surface area contributed by atoms with Crippen LogP contribution in [0.5, 0.6) is 5.75 Å². The largest absolute Gasteiger partial charge is 0.485 e. The zero-order valence-corrected chi connectivity index (χ0v) is 11.5. The number of nitrogens with one attached hydrogen (secondary N) is 1. The van der Waals surface area contributed by atoms with Crippen LogP contribution in [0.2, 0.25) is 0 Å². The molecule has 3 atom stereocenters. The molecule has 0 spiro atoms. The molecule has 0 heterocycles. The Labute approximate surface area is 113 Å². The summed E-state index contributed by atoms with van der Waals surface area (Å²) in [4.78, 5) is 0. The van der Waals surface area contributed by atoms with Crippen molar-refractivity contribution in [2.24, 2.45) is 0 Å². The van der Waals surface area contributed by atoms with Crippen molar-refractivity contribution in [2.75, 3.05) is 6.54 Å². The van der Waals surface area contributed by atoms with E-state index in [0.717, 1.165) is 31.4 Å². The Kier molecular flexibility index (Phi) is 4.77. The van der Waals surface area contributed by atoms with Crippen molar-refractivity contribution in [3.05, 3.63) is 29.6 Å². The number of hydrogen-bond donors (Lipinski definition) is 2. The molecular formula is C15H22FNO2. The molecule has 0 amide bonds. The van der Waals surface area contributed by atoms with E-state index in [4.69, 9.17) is 4.74 Å². The second kappa shape index (κ2) is 6.35. The van der Waals surface area contributed by atoms with E-state index >= 15 is 0 Å². The highest BCUT2D eigenvalue weighted by Gasteiger charge is 2.27. The molecule has 0 aliphatic heterocycles.